The Morgan fingerprint density at radius 3 is 2.70 bits per heavy atom. The van der Waals surface area contributed by atoms with Gasteiger partial charge in [-0.15, -0.1) is 0 Å². The summed E-state index contributed by atoms with van der Waals surface area (Å²) < 4.78 is 13.1. The first kappa shape index (κ1) is 18.4. The van der Waals surface area contributed by atoms with Crippen molar-refractivity contribution in [3.05, 3.63) is 30.1 Å². The Hall–Kier alpha value is -1.95. The van der Waals surface area contributed by atoms with Gasteiger partial charge in [0.05, 0.1) is 5.92 Å². The number of halogens is 1. The summed E-state index contributed by atoms with van der Waals surface area (Å²) in [5.41, 5.74) is 0.654. The summed E-state index contributed by atoms with van der Waals surface area (Å²) in [6.45, 7) is 3.47. The second-order valence-electron chi connectivity index (χ2n) is 8.13. The van der Waals surface area contributed by atoms with Crippen molar-refractivity contribution in [2.45, 2.75) is 44.6 Å². The zero-order valence-electron chi connectivity index (χ0n) is 15.7. The normalized spacial score (nSPS) is 28.9. The summed E-state index contributed by atoms with van der Waals surface area (Å²) >= 11 is 0. The van der Waals surface area contributed by atoms with Crippen molar-refractivity contribution in [2.75, 3.05) is 31.1 Å². The van der Waals surface area contributed by atoms with Crippen LogP contribution < -0.4 is 10.2 Å². The quantitative estimate of drug-likeness (QED) is 0.883. The Morgan fingerprint density at radius 2 is 1.89 bits per heavy atom. The highest BCUT2D eigenvalue weighted by atomic mass is 19.1. The van der Waals surface area contributed by atoms with E-state index in [2.05, 4.69) is 10.2 Å². The number of anilines is 1. The molecule has 0 bridgehead atoms. The average molecular weight is 373 g/mol. The molecule has 0 spiro atoms. The molecule has 146 valence electrons. The van der Waals surface area contributed by atoms with Crippen LogP contribution in [0.5, 0.6) is 0 Å². The van der Waals surface area contributed by atoms with Crippen molar-refractivity contribution in [3.63, 3.8) is 0 Å². The first-order valence-corrected chi connectivity index (χ1v) is 10.2. The number of benzene rings is 1. The highest BCUT2D eigenvalue weighted by Crippen LogP contribution is 2.31. The summed E-state index contributed by atoms with van der Waals surface area (Å²) in [6.07, 6.45) is 6.42. The molecule has 0 unspecified atom stereocenters. The molecule has 3 atom stereocenters. The lowest BCUT2D eigenvalue weighted by atomic mass is 9.83. The summed E-state index contributed by atoms with van der Waals surface area (Å²) in [4.78, 5) is 29.2. The molecule has 4 rings (SSSR count). The number of nitrogens with zero attached hydrogens (tertiary/aromatic N) is 2. The van der Waals surface area contributed by atoms with Gasteiger partial charge in [0, 0.05) is 31.2 Å². The van der Waals surface area contributed by atoms with Crippen molar-refractivity contribution >= 4 is 17.5 Å². The van der Waals surface area contributed by atoms with E-state index in [0.29, 0.717) is 30.7 Å². The monoisotopic (exact) mass is 373 g/mol. The number of carbonyl (C=O) groups is 2. The van der Waals surface area contributed by atoms with E-state index >= 15 is 0 Å². The van der Waals surface area contributed by atoms with Crippen molar-refractivity contribution in [2.24, 2.45) is 11.8 Å². The highest BCUT2D eigenvalue weighted by Gasteiger charge is 2.37. The Bertz CT molecular complexity index is 691. The van der Waals surface area contributed by atoms with E-state index in [1.54, 1.807) is 17.0 Å². The third kappa shape index (κ3) is 4.00. The maximum Gasteiger partial charge on any atom is 0.227 e. The fraction of sp³-hybridized carbons (Fsp3) is 0.619. The molecule has 1 aromatic carbocycles. The number of fused-ring (bicyclic) bond motifs is 1. The number of hydrogen-bond donors (Lipinski definition) is 1. The first-order chi connectivity index (χ1) is 13.1. The van der Waals surface area contributed by atoms with Crippen LogP contribution in [0.1, 0.15) is 38.5 Å². The minimum absolute atomic E-state index is 0.0269. The van der Waals surface area contributed by atoms with Crippen LogP contribution in [0.2, 0.25) is 0 Å². The first-order valence-electron chi connectivity index (χ1n) is 10.2. The van der Waals surface area contributed by atoms with Crippen LogP contribution in [0, 0.1) is 17.7 Å². The predicted molar refractivity (Wildman–Crippen MR) is 102 cm³/mol. The SMILES string of the molecule is O=C(NC[C@@H]1CCCN2CCCC[C@H]12)[C@@H]1CC(=O)N(c2ccc(F)cc2)C1. The maximum atomic E-state index is 13.1. The van der Waals surface area contributed by atoms with Crippen LogP contribution in [-0.2, 0) is 9.59 Å². The topological polar surface area (TPSA) is 52.7 Å². The van der Waals surface area contributed by atoms with E-state index < -0.39 is 0 Å². The van der Waals surface area contributed by atoms with Gasteiger partial charge in [-0.2, -0.15) is 0 Å². The van der Waals surface area contributed by atoms with Crippen LogP contribution in [0.15, 0.2) is 24.3 Å². The third-order valence-corrected chi connectivity index (χ3v) is 6.40. The second kappa shape index (κ2) is 7.97. The fourth-order valence-electron chi connectivity index (χ4n) is 4.95. The zero-order valence-corrected chi connectivity index (χ0v) is 15.7. The van der Waals surface area contributed by atoms with Gasteiger partial charge in [0.25, 0.3) is 0 Å². The van der Waals surface area contributed by atoms with E-state index in [1.807, 2.05) is 0 Å². The predicted octanol–water partition coefficient (Wildman–Crippen LogP) is 2.56. The molecule has 3 aliphatic rings. The smallest absolute Gasteiger partial charge is 0.227 e. The van der Waals surface area contributed by atoms with E-state index in [1.165, 1.54) is 57.3 Å². The summed E-state index contributed by atoms with van der Waals surface area (Å²) in [5.74, 6) is -0.232. The Morgan fingerprint density at radius 1 is 1.11 bits per heavy atom. The summed E-state index contributed by atoms with van der Waals surface area (Å²) in [5, 5.41) is 3.12. The van der Waals surface area contributed by atoms with Crippen LogP contribution in [0.4, 0.5) is 10.1 Å². The summed E-state index contributed by atoms with van der Waals surface area (Å²) in [7, 11) is 0. The minimum Gasteiger partial charge on any atom is -0.355 e. The molecule has 0 aliphatic carbocycles. The lowest BCUT2D eigenvalue weighted by Gasteiger charge is -2.44. The average Bonchev–Trinajstić information content (AvgIpc) is 3.08. The molecule has 0 aromatic heterocycles. The fourth-order valence-corrected chi connectivity index (χ4v) is 4.95. The highest BCUT2D eigenvalue weighted by molar-refractivity contribution is 6.00. The Kier molecular flexibility index (Phi) is 5.43. The molecule has 3 aliphatic heterocycles. The number of hydrogen-bond acceptors (Lipinski definition) is 3. The molecule has 1 N–H and O–H groups in total. The van der Waals surface area contributed by atoms with Gasteiger partial charge in [0.2, 0.25) is 11.8 Å². The molecule has 5 nitrogen and oxygen atoms in total. The van der Waals surface area contributed by atoms with Gasteiger partial charge in [0.15, 0.2) is 0 Å². The third-order valence-electron chi connectivity index (χ3n) is 6.40. The largest absolute Gasteiger partial charge is 0.355 e. The number of rotatable bonds is 4. The molecule has 3 saturated heterocycles. The molecule has 27 heavy (non-hydrogen) atoms. The van der Waals surface area contributed by atoms with Gasteiger partial charge >= 0.3 is 0 Å². The molecule has 1 aromatic rings. The second-order valence-corrected chi connectivity index (χ2v) is 8.13. The van der Waals surface area contributed by atoms with Crippen LogP contribution in [0.25, 0.3) is 0 Å². The van der Waals surface area contributed by atoms with Gasteiger partial charge in [-0.05, 0) is 69.0 Å². The Balaban J connectivity index is 1.32. The number of carbonyl (C=O) groups excluding carboxylic acids is 2. The van der Waals surface area contributed by atoms with Crippen molar-refractivity contribution in [3.8, 4) is 0 Å². The van der Waals surface area contributed by atoms with Crippen LogP contribution >= 0.6 is 0 Å². The van der Waals surface area contributed by atoms with Gasteiger partial charge in [-0.1, -0.05) is 6.42 Å². The van der Waals surface area contributed by atoms with Crippen molar-refractivity contribution in [1.29, 1.82) is 0 Å². The van der Waals surface area contributed by atoms with Gasteiger partial charge in [0.1, 0.15) is 5.82 Å². The molecule has 0 saturated carbocycles. The van der Waals surface area contributed by atoms with Crippen molar-refractivity contribution < 1.29 is 14.0 Å². The maximum absolute atomic E-state index is 13.1. The van der Waals surface area contributed by atoms with E-state index in [4.69, 9.17) is 0 Å². The van der Waals surface area contributed by atoms with E-state index in [-0.39, 0.29) is 30.0 Å². The minimum atomic E-state index is -0.330. The van der Waals surface area contributed by atoms with Gasteiger partial charge < -0.3 is 15.1 Å². The molecular weight excluding hydrogens is 345 g/mol. The Labute approximate surface area is 159 Å². The van der Waals surface area contributed by atoms with E-state index in [0.717, 1.165) is 0 Å². The van der Waals surface area contributed by atoms with Crippen LogP contribution in [0.3, 0.4) is 0 Å². The lowest BCUT2D eigenvalue weighted by molar-refractivity contribution is -0.126. The number of amides is 2. The molecule has 0 radical (unpaired) electrons. The zero-order chi connectivity index (χ0) is 18.8. The lowest BCUT2D eigenvalue weighted by Crippen LogP contribution is -2.51. The summed E-state index contributed by atoms with van der Waals surface area (Å²) in [6, 6.07) is 6.47. The van der Waals surface area contributed by atoms with Gasteiger partial charge in [-0.3, -0.25) is 9.59 Å². The molecule has 3 fully saturated rings. The molecule has 6 heteroatoms. The van der Waals surface area contributed by atoms with Crippen LogP contribution in [-0.4, -0.2) is 48.9 Å². The molecule has 2 amide bonds. The van der Waals surface area contributed by atoms with Gasteiger partial charge in [-0.25, -0.2) is 4.39 Å². The number of nitrogens with one attached hydrogen (secondary N) is 1. The molecule has 3 heterocycles. The van der Waals surface area contributed by atoms with E-state index in [9.17, 15) is 14.0 Å². The standard InChI is InChI=1S/C21H28FN3O2/c22-17-6-8-18(9-7-17)25-14-16(12-20(25)26)21(27)23-13-15-4-3-11-24-10-2-1-5-19(15)24/h6-9,15-16,19H,1-5,10-14H2,(H,23,27)/t15-,16+,19+/m0/s1. The molecular formula is C21H28FN3O2. The number of piperidine rings is 2. The van der Waals surface area contributed by atoms with Crippen molar-refractivity contribution in [1.82, 2.24) is 10.2 Å².